The maximum absolute atomic E-state index is 12.6. The topological polar surface area (TPSA) is 99.1 Å². The van der Waals surface area contributed by atoms with E-state index in [2.05, 4.69) is 16.1 Å². The van der Waals surface area contributed by atoms with Gasteiger partial charge < -0.3 is 5.32 Å². The van der Waals surface area contributed by atoms with Crippen LogP contribution in [0.25, 0.3) is 11.1 Å². The van der Waals surface area contributed by atoms with Crippen molar-refractivity contribution in [2.45, 2.75) is 17.9 Å². The van der Waals surface area contributed by atoms with Crippen molar-refractivity contribution in [3.63, 3.8) is 0 Å². The summed E-state index contributed by atoms with van der Waals surface area (Å²) in [5, 5.41) is 11.9. The summed E-state index contributed by atoms with van der Waals surface area (Å²) in [5.41, 5.74) is 3.68. The van der Waals surface area contributed by atoms with Gasteiger partial charge in [0.25, 0.3) is 5.91 Å². The van der Waals surface area contributed by atoms with Gasteiger partial charge in [-0.1, -0.05) is 42.5 Å². The van der Waals surface area contributed by atoms with E-state index in [4.69, 9.17) is 5.26 Å². The van der Waals surface area contributed by atoms with E-state index in [-0.39, 0.29) is 22.4 Å². The molecule has 0 aliphatic heterocycles. The zero-order valence-electron chi connectivity index (χ0n) is 16.6. The number of nitrogens with one attached hydrogen (secondary N) is 2. The lowest BCUT2D eigenvalue weighted by Crippen LogP contribution is -2.27. The number of nitrogens with zero attached hydrogens (tertiary/aromatic N) is 1. The third-order valence-corrected chi connectivity index (χ3v) is 6.17. The van der Waals surface area contributed by atoms with Gasteiger partial charge in [-0.2, -0.15) is 5.26 Å². The molecule has 0 aliphatic rings. The van der Waals surface area contributed by atoms with Crippen LogP contribution in [0.3, 0.4) is 0 Å². The molecule has 0 bridgehead atoms. The molecule has 30 heavy (non-hydrogen) atoms. The van der Waals surface area contributed by atoms with E-state index in [0.717, 1.165) is 16.7 Å². The molecule has 3 aromatic rings. The molecule has 2 N–H and O–H groups in total. The molecule has 152 valence electrons. The van der Waals surface area contributed by atoms with Gasteiger partial charge in [0.15, 0.2) is 0 Å². The van der Waals surface area contributed by atoms with Crippen molar-refractivity contribution in [2.75, 3.05) is 7.05 Å². The van der Waals surface area contributed by atoms with Crippen molar-refractivity contribution in [3.05, 3.63) is 89.5 Å². The summed E-state index contributed by atoms with van der Waals surface area (Å²) in [6.07, 6.45) is 0. The zero-order valence-corrected chi connectivity index (χ0v) is 17.4. The van der Waals surface area contributed by atoms with Crippen molar-refractivity contribution in [3.8, 4) is 17.2 Å². The molecule has 0 heterocycles. The van der Waals surface area contributed by atoms with Crippen LogP contribution in [0.1, 0.15) is 34.5 Å². The van der Waals surface area contributed by atoms with E-state index in [1.54, 1.807) is 12.1 Å². The summed E-state index contributed by atoms with van der Waals surface area (Å²) >= 11 is 0. The van der Waals surface area contributed by atoms with Crippen LogP contribution in [0, 0.1) is 11.3 Å². The van der Waals surface area contributed by atoms with Crippen molar-refractivity contribution < 1.29 is 13.2 Å². The molecular formula is C23H21N3O3S. The van der Waals surface area contributed by atoms with Crippen LogP contribution in [0.4, 0.5) is 0 Å². The largest absolute Gasteiger partial charge is 0.346 e. The zero-order chi connectivity index (χ0) is 21.7. The summed E-state index contributed by atoms with van der Waals surface area (Å²) in [6.45, 7) is 1.86. The fraction of sp³-hybridized carbons (Fsp3) is 0.130. The first kappa shape index (κ1) is 21.2. The molecule has 6 nitrogen and oxygen atoms in total. The maximum atomic E-state index is 12.6. The van der Waals surface area contributed by atoms with Gasteiger partial charge in [-0.3, -0.25) is 4.79 Å². The Kier molecular flexibility index (Phi) is 6.31. The normalized spacial score (nSPS) is 12.0. The molecular weight excluding hydrogens is 398 g/mol. The highest BCUT2D eigenvalue weighted by atomic mass is 32.2. The van der Waals surface area contributed by atoms with E-state index in [1.807, 2.05) is 49.4 Å². The minimum Gasteiger partial charge on any atom is -0.346 e. The number of benzene rings is 3. The molecule has 1 unspecified atom stereocenters. The van der Waals surface area contributed by atoms with Crippen LogP contribution < -0.4 is 10.0 Å². The van der Waals surface area contributed by atoms with Gasteiger partial charge in [0.05, 0.1) is 22.6 Å². The Bertz CT molecular complexity index is 1210. The van der Waals surface area contributed by atoms with Crippen molar-refractivity contribution >= 4 is 15.9 Å². The molecule has 0 saturated carbocycles. The number of carbonyl (C=O) groups excluding carboxylic acids is 1. The second kappa shape index (κ2) is 8.91. The molecule has 1 amide bonds. The van der Waals surface area contributed by atoms with E-state index >= 15 is 0 Å². The van der Waals surface area contributed by atoms with Gasteiger partial charge in [-0.15, -0.1) is 0 Å². The van der Waals surface area contributed by atoms with Crippen LogP contribution in [-0.4, -0.2) is 21.4 Å². The Labute approximate surface area is 176 Å². The van der Waals surface area contributed by atoms with Gasteiger partial charge >= 0.3 is 0 Å². The van der Waals surface area contributed by atoms with Crippen molar-refractivity contribution in [1.82, 2.24) is 10.0 Å². The molecule has 0 fully saturated rings. The standard InChI is InChI=1S/C23H21N3O3S/c1-16(26-23(27)21-7-4-8-22(14-21)30(28,29)25-2)18-9-11-19(12-10-18)20-6-3-5-17(13-20)15-24/h3-14,16,25H,1-2H3,(H,26,27). The fourth-order valence-corrected chi connectivity index (χ4v) is 3.79. The molecule has 1 atom stereocenters. The highest BCUT2D eigenvalue weighted by molar-refractivity contribution is 7.89. The third-order valence-electron chi connectivity index (χ3n) is 4.76. The van der Waals surface area contributed by atoms with Gasteiger partial charge in [0.2, 0.25) is 10.0 Å². The van der Waals surface area contributed by atoms with Gasteiger partial charge in [0.1, 0.15) is 0 Å². The average molecular weight is 420 g/mol. The SMILES string of the molecule is CNS(=O)(=O)c1cccc(C(=O)NC(C)c2ccc(-c3cccc(C#N)c3)cc2)c1. The third kappa shape index (κ3) is 4.74. The highest BCUT2D eigenvalue weighted by Crippen LogP contribution is 2.23. The second-order valence-electron chi connectivity index (χ2n) is 6.75. The first-order valence-corrected chi connectivity index (χ1v) is 10.8. The minimum atomic E-state index is -3.62. The average Bonchev–Trinajstić information content (AvgIpc) is 2.79. The van der Waals surface area contributed by atoms with Crippen LogP contribution in [0.2, 0.25) is 0 Å². The monoisotopic (exact) mass is 419 g/mol. The molecule has 0 aromatic heterocycles. The number of carbonyl (C=O) groups is 1. The number of rotatable bonds is 6. The molecule has 0 aliphatic carbocycles. The maximum Gasteiger partial charge on any atom is 0.251 e. The van der Waals surface area contributed by atoms with Crippen LogP contribution in [-0.2, 0) is 10.0 Å². The number of hydrogen-bond donors (Lipinski definition) is 2. The Morgan fingerprint density at radius 2 is 1.67 bits per heavy atom. The molecule has 0 saturated heterocycles. The number of hydrogen-bond acceptors (Lipinski definition) is 4. The van der Waals surface area contributed by atoms with Crippen LogP contribution in [0.5, 0.6) is 0 Å². The van der Waals surface area contributed by atoms with E-state index in [9.17, 15) is 13.2 Å². The Morgan fingerprint density at radius 1 is 0.967 bits per heavy atom. The minimum absolute atomic E-state index is 0.0363. The number of nitriles is 1. The molecule has 0 radical (unpaired) electrons. The van der Waals surface area contributed by atoms with E-state index < -0.39 is 10.0 Å². The van der Waals surface area contributed by atoms with E-state index in [0.29, 0.717) is 5.56 Å². The quantitative estimate of drug-likeness (QED) is 0.637. The molecule has 7 heteroatoms. The Morgan fingerprint density at radius 3 is 2.33 bits per heavy atom. The Hall–Kier alpha value is -3.47. The molecule has 3 rings (SSSR count). The first-order chi connectivity index (χ1) is 14.3. The second-order valence-corrected chi connectivity index (χ2v) is 8.63. The lowest BCUT2D eigenvalue weighted by molar-refractivity contribution is 0.0939. The smallest absolute Gasteiger partial charge is 0.251 e. The van der Waals surface area contributed by atoms with Gasteiger partial charge in [-0.05, 0) is 61.0 Å². The van der Waals surface area contributed by atoms with E-state index in [1.165, 1.54) is 25.2 Å². The summed E-state index contributed by atoms with van der Waals surface area (Å²) in [5.74, 6) is -0.360. The lowest BCUT2D eigenvalue weighted by Gasteiger charge is -2.15. The lowest BCUT2D eigenvalue weighted by atomic mass is 10.00. The summed E-state index contributed by atoms with van der Waals surface area (Å²) in [6, 6.07) is 22.8. The van der Waals surface area contributed by atoms with Gasteiger partial charge in [-0.25, -0.2) is 13.1 Å². The summed E-state index contributed by atoms with van der Waals surface area (Å²) < 4.78 is 26.1. The van der Waals surface area contributed by atoms with Crippen molar-refractivity contribution in [1.29, 1.82) is 5.26 Å². The van der Waals surface area contributed by atoms with Crippen molar-refractivity contribution in [2.24, 2.45) is 0 Å². The molecule has 3 aromatic carbocycles. The fourth-order valence-electron chi connectivity index (χ4n) is 3.02. The molecule has 0 spiro atoms. The number of amides is 1. The van der Waals surface area contributed by atoms with Crippen LogP contribution >= 0.6 is 0 Å². The first-order valence-electron chi connectivity index (χ1n) is 9.29. The predicted octanol–water partition coefficient (Wildman–Crippen LogP) is 3.62. The van der Waals surface area contributed by atoms with Crippen LogP contribution in [0.15, 0.2) is 77.7 Å². The van der Waals surface area contributed by atoms with Gasteiger partial charge in [0, 0.05) is 5.56 Å². The summed E-state index contributed by atoms with van der Waals surface area (Å²) in [7, 11) is -2.30. The predicted molar refractivity (Wildman–Crippen MR) is 115 cm³/mol. The number of sulfonamides is 1. The Balaban J connectivity index is 1.75. The highest BCUT2D eigenvalue weighted by Gasteiger charge is 2.16. The summed E-state index contributed by atoms with van der Waals surface area (Å²) in [4.78, 5) is 12.6.